The van der Waals surface area contributed by atoms with Gasteiger partial charge in [-0.15, -0.1) is 0 Å². The molecule has 0 saturated carbocycles. The number of carbonyl (C=O) groups excluding carboxylic acids is 1. The van der Waals surface area contributed by atoms with Gasteiger partial charge in [0.05, 0.1) is 24.1 Å². The zero-order chi connectivity index (χ0) is 20.3. The number of carbonyl (C=O) groups is 1. The number of ether oxygens (including phenoxy) is 1. The summed E-state index contributed by atoms with van der Waals surface area (Å²) in [6.45, 7) is 4.08. The van der Waals surface area contributed by atoms with Crippen molar-refractivity contribution < 1.29 is 18.3 Å². The smallest absolute Gasteiger partial charge is 0.258 e. The van der Waals surface area contributed by atoms with Crippen LogP contribution >= 0.6 is 0 Å². The molecule has 1 amide bonds. The van der Waals surface area contributed by atoms with Crippen molar-refractivity contribution in [1.29, 1.82) is 0 Å². The molecule has 3 rings (SSSR count). The molecule has 1 heterocycles. The number of H-pyrrole nitrogens is 1. The predicted octanol–water partition coefficient (Wildman–Crippen LogP) is 4.81. The molecule has 0 spiro atoms. The maximum Gasteiger partial charge on any atom is 0.258 e. The molecule has 0 saturated heterocycles. The predicted molar refractivity (Wildman–Crippen MR) is 103 cm³/mol. The Kier molecular flexibility index (Phi) is 5.73. The molecule has 0 atom stereocenters. The van der Waals surface area contributed by atoms with Crippen LogP contribution in [0.25, 0.3) is 11.3 Å². The van der Waals surface area contributed by atoms with E-state index < -0.39 is 17.5 Å². The van der Waals surface area contributed by atoms with Crippen LogP contribution in [0.4, 0.5) is 14.5 Å². The van der Waals surface area contributed by atoms with E-state index in [1.807, 2.05) is 26.0 Å². The van der Waals surface area contributed by atoms with Gasteiger partial charge in [-0.2, -0.15) is 5.10 Å². The molecule has 0 aliphatic rings. The normalized spacial score (nSPS) is 10.9. The van der Waals surface area contributed by atoms with Gasteiger partial charge in [0, 0.05) is 11.6 Å². The third-order valence-corrected chi connectivity index (χ3v) is 4.23. The second-order valence-corrected chi connectivity index (χ2v) is 6.83. The lowest BCUT2D eigenvalue weighted by molar-refractivity contribution is 0.102. The Morgan fingerprint density at radius 1 is 1.18 bits per heavy atom. The first-order valence-electron chi connectivity index (χ1n) is 8.87. The number of amides is 1. The topological polar surface area (TPSA) is 67.0 Å². The average molecular weight is 385 g/mol. The molecule has 2 N–H and O–H groups in total. The summed E-state index contributed by atoms with van der Waals surface area (Å²) in [4.78, 5) is 12.6. The van der Waals surface area contributed by atoms with Crippen LogP contribution in [-0.2, 0) is 6.42 Å². The van der Waals surface area contributed by atoms with Crippen LogP contribution in [0.1, 0.15) is 29.9 Å². The third-order valence-electron chi connectivity index (χ3n) is 4.23. The minimum atomic E-state index is -0.919. The van der Waals surface area contributed by atoms with Crippen LogP contribution in [-0.4, -0.2) is 23.2 Å². The van der Waals surface area contributed by atoms with E-state index in [9.17, 15) is 13.6 Å². The molecule has 0 fully saturated rings. The van der Waals surface area contributed by atoms with Crippen LogP contribution in [0.3, 0.4) is 0 Å². The quantitative estimate of drug-likeness (QED) is 0.640. The number of nitrogens with zero attached hydrogens (tertiary/aromatic N) is 1. The second kappa shape index (κ2) is 8.21. The summed E-state index contributed by atoms with van der Waals surface area (Å²) in [7, 11) is 1.58. The molecule has 3 aromatic rings. The van der Waals surface area contributed by atoms with Gasteiger partial charge in [-0.05, 0) is 48.7 Å². The second-order valence-electron chi connectivity index (χ2n) is 6.83. The first-order valence-corrected chi connectivity index (χ1v) is 8.87. The van der Waals surface area contributed by atoms with Gasteiger partial charge in [0.15, 0.2) is 0 Å². The zero-order valence-electron chi connectivity index (χ0n) is 15.8. The van der Waals surface area contributed by atoms with Gasteiger partial charge in [-0.3, -0.25) is 9.89 Å². The maximum absolute atomic E-state index is 14.0. The van der Waals surface area contributed by atoms with Crippen molar-refractivity contribution in [3.05, 3.63) is 65.4 Å². The van der Waals surface area contributed by atoms with E-state index in [2.05, 4.69) is 15.5 Å². The molecule has 0 unspecified atom stereocenters. The molecule has 0 aliphatic heterocycles. The van der Waals surface area contributed by atoms with Crippen molar-refractivity contribution in [3.63, 3.8) is 0 Å². The largest absolute Gasteiger partial charge is 0.497 e. The number of aromatic nitrogens is 2. The van der Waals surface area contributed by atoms with E-state index in [4.69, 9.17) is 4.74 Å². The number of methoxy groups -OCH3 is 1. The summed E-state index contributed by atoms with van der Waals surface area (Å²) in [5, 5.41) is 10.0. The molecule has 1 aromatic heterocycles. The van der Waals surface area contributed by atoms with Gasteiger partial charge in [0.2, 0.25) is 0 Å². The highest BCUT2D eigenvalue weighted by atomic mass is 19.1. The fourth-order valence-corrected chi connectivity index (χ4v) is 2.88. The van der Waals surface area contributed by atoms with Gasteiger partial charge in [-0.1, -0.05) is 13.8 Å². The molecular weight excluding hydrogens is 364 g/mol. The Bertz CT molecular complexity index is 982. The highest BCUT2D eigenvalue weighted by Gasteiger charge is 2.20. The summed E-state index contributed by atoms with van der Waals surface area (Å²) in [6, 6.07) is 10.1. The average Bonchev–Trinajstić information content (AvgIpc) is 3.03. The van der Waals surface area contributed by atoms with Gasteiger partial charge in [-0.25, -0.2) is 8.78 Å². The lowest BCUT2D eigenvalue weighted by atomic mass is 10.0. The molecule has 2 aromatic carbocycles. The van der Waals surface area contributed by atoms with Crippen LogP contribution < -0.4 is 10.1 Å². The molecular formula is C21H21F2N3O2. The lowest BCUT2D eigenvalue weighted by Gasteiger charge is -2.11. The Labute approximate surface area is 161 Å². The van der Waals surface area contributed by atoms with Crippen LogP contribution in [0, 0.1) is 17.6 Å². The van der Waals surface area contributed by atoms with E-state index in [-0.39, 0.29) is 5.56 Å². The molecule has 0 aliphatic carbocycles. The Hall–Kier alpha value is -3.22. The number of aromatic amines is 1. The first-order chi connectivity index (χ1) is 13.4. The van der Waals surface area contributed by atoms with Crippen LogP contribution in [0.15, 0.2) is 42.5 Å². The maximum atomic E-state index is 14.0. The van der Waals surface area contributed by atoms with E-state index >= 15 is 0 Å². The highest BCUT2D eigenvalue weighted by molar-refractivity contribution is 6.06. The highest BCUT2D eigenvalue weighted by Crippen LogP contribution is 2.32. The van der Waals surface area contributed by atoms with Crippen molar-refractivity contribution in [2.24, 2.45) is 5.92 Å². The Morgan fingerprint density at radius 2 is 1.89 bits per heavy atom. The fourth-order valence-electron chi connectivity index (χ4n) is 2.88. The minimum absolute atomic E-state index is 0.237. The molecule has 0 bridgehead atoms. The number of nitrogens with one attached hydrogen (secondary N) is 2. The fraction of sp³-hybridized carbons (Fsp3) is 0.238. The van der Waals surface area contributed by atoms with E-state index in [1.165, 1.54) is 0 Å². The Balaban J connectivity index is 1.98. The van der Waals surface area contributed by atoms with Crippen molar-refractivity contribution >= 4 is 11.6 Å². The number of rotatable bonds is 6. The standard InChI is InChI=1S/C21H21F2N3O2/c1-12(2)10-18-20(24-21(27)16-9-6-14(22)11-17(16)23)19(26-25-18)13-4-7-15(28-3)8-5-13/h4-9,11-12H,10H2,1-3H3,(H,24,27)(H,25,26). The summed E-state index contributed by atoms with van der Waals surface area (Å²) in [6.07, 6.45) is 0.644. The summed E-state index contributed by atoms with van der Waals surface area (Å²) in [5.74, 6) is -1.32. The monoisotopic (exact) mass is 385 g/mol. The van der Waals surface area contributed by atoms with Crippen molar-refractivity contribution in [2.45, 2.75) is 20.3 Å². The SMILES string of the molecule is COc1ccc(-c2n[nH]c(CC(C)C)c2NC(=O)c2ccc(F)cc2F)cc1. The van der Waals surface area contributed by atoms with Gasteiger partial charge < -0.3 is 10.1 Å². The zero-order valence-corrected chi connectivity index (χ0v) is 15.8. The van der Waals surface area contributed by atoms with Crippen LogP contribution in [0.5, 0.6) is 5.75 Å². The molecule has 146 valence electrons. The molecule has 0 radical (unpaired) electrons. The molecule has 28 heavy (non-hydrogen) atoms. The number of halogens is 2. The van der Waals surface area contributed by atoms with Gasteiger partial charge in [0.25, 0.3) is 5.91 Å². The van der Waals surface area contributed by atoms with Crippen molar-refractivity contribution in [1.82, 2.24) is 10.2 Å². The summed E-state index contributed by atoms with van der Waals surface area (Å²) >= 11 is 0. The first kappa shape index (κ1) is 19.5. The Morgan fingerprint density at radius 3 is 2.50 bits per heavy atom. The lowest BCUT2D eigenvalue weighted by Crippen LogP contribution is -2.15. The van der Waals surface area contributed by atoms with Gasteiger partial charge in [0.1, 0.15) is 23.1 Å². The van der Waals surface area contributed by atoms with Crippen molar-refractivity contribution in [2.75, 3.05) is 12.4 Å². The van der Waals surface area contributed by atoms with E-state index in [1.54, 1.807) is 19.2 Å². The van der Waals surface area contributed by atoms with Crippen LogP contribution in [0.2, 0.25) is 0 Å². The molecule has 7 heteroatoms. The summed E-state index contributed by atoms with van der Waals surface area (Å²) < 4.78 is 32.3. The number of anilines is 1. The minimum Gasteiger partial charge on any atom is -0.497 e. The van der Waals surface area contributed by atoms with Gasteiger partial charge >= 0.3 is 0 Å². The van der Waals surface area contributed by atoms with Crippen molar-refractivity contribution in [3.8, 4) is 17.0 Å². The summed E-state index contributed by atoms with van der Waals surface area (Å²) in [5.41, 5.74) is 2.28. The van der Waals surface area contributed by atoms with E-state index in [0.29, 0.717) is 35.5 Å². The third kappa shape index (κ3) is 4.19. The number of benzene rings is 2. The van der Waals surface area contributed by atoms with E-state index in [0.717, 1.165) is 23.4 Å². The number of hydrogen-bond acceptors (Lipinski definition) is 3. The molecule has 5 nitrogen and oxygen atoms in total. The number of hydrogen-bond donors (Lipinski definition) is 2.